The third kappa shape index (κ3) is 3.41. The van der Waals surface area contributed by atoms with E-state index < -0.39 is 0 Å². The Labute approximate surface area is 124 Å². The molecule has 2 atom stereocenters. The van der Waals surface area contributed by atoms with Crippen LogP contribution in [0.4, 0.5) is 4.39 Å². The number of rotatable bonds is 2. The maximum atomic E-state index is 13.0. The van der Waals surface area contributed by atoms with Gasteiger partial charge < -0.3 is 15.0 Å². The minimum Gasteiger partial charge on any atom is -0.370 e. The topological polar surface area (TPSA) is 41.6 Å². The molecule has 3 rings (SSSR count). The molecule has 2 unspecified atom stereocenters. The second-order valence-corrected chi connectivity index (χ2v) is 5.70. The van der Waals surface area contributed by atoms with Crippen molar-refractivity contribution in [3.05, 3.63) is 35.6 Å². The van der Waals surface area contributed by atoms with Crippen LogP contribution in [0.1, 0.15) is 30.9 Å². The number of carbonyl (C=O) groups is 1. The van der Waals surface area contributed by atoms with Gasteiger partial charge in [-0.15, -0.1) is 0 Å². The Hall–Kier alpha value is -1.46. The quantitative estimate of drug-likeness (QED) is 0.905. The molecule has 2 fully saturated rings. The first-order valence-electron chi connectivity index (χ1n) is 7.63. The maximum absolute atomic E-state index is 13.0. The second kappa shape index (κ2) is 6.54. The summed E-state index contributed by atoms with van der Waals surface area (Å²) in [6, 6.07) is 6.27. The molecule has 4 nitrogen and oxygen atoms in total. The second-order valence-electron chi connectivity index (χ2n) is 5.70. The summed E-state index contributed by atoms with van der Waals surface area (Å²) in [5, 5.41) is 3.30. The first-order chi connectivity index (χ1) is 10.2. The summed E-state index contributed by atoms with van der Waals surface area (Å²) in [6.07, 6.45) is 3.00. The largest absolute Gasteiger partial charge is 0.370 e. The zero-order chi connectivity index (χ0) is 14.7. The van der Waals surface area contributed by atoms with E-state index in [1.807, 2.05) is 4.90 Å². The number of hydrogen-bond acceptors (Lipinski definition) is 3. The molecule has 1 N–H and O–H groups in total. The molecule has 0 bridgehead atoms. The number of ether oxygens (including phenoxy) is 1. The molecule has 2 aliphatic rings. The highest BCUT2D eigenvalue weighted by Crippen LogP contribution is 2.23. The first-order valence-corrected chi connectivity index (χ1v) is 7.63. The Morgan fingerprint density at radius 3 is 2.81 bits per heavy atom. The zero-order valence-corrected chi connectivity index (χ0v) is 12.1. The minimum absolute atomic E-state index is 0.0503. The predicted octanol–water partition coefficient (Wildman–Crippen LogP) is 1.87. The molecule has 0 spiro atoms. The molecule has 2 saturated heterocycles. The lowest BCUT2D eigenvalue weighted by molar-refractivity contribution is -0.141. The highest BCUT2D eigenvalue weighted by molar-refractivity contribution is 5.82. The van der Waals surface area contributed by atoms with E-state index in [1.165, 1.54) is 12.1 Å². The Bertz CT molecular complexity index is 486. The summed E-state index contributed by atoms with van der Waals surface area (Å²) in [5.74, 6) is -0.0843. The standard InChI is InChI=1S/C16H21FN2O2/c17-13-6-4-12(5-7-13)15-11-19(9-10-21-15)16(20)14-3-1-2-8-18-14/h4-7,14-15,18H,1-3,8-11H2. The molecule has 1 amide bonds. The Kier molecular flexibility index (Phi) is 4.51. The van der Waals surface area contributed by atoms with E-state index in [2.05, 4.69) is 5.32 Å². The number of nitrogens with one attached hydrogen (secondary N) is 1. The number of carbonyl (C=O) groups excluding carboxylic acids is 1. The van der Waals surface area contributed by atoms with Crippen LogP contribution in [0.25, 0.3) is 0 Å². The number of halogens is 1. The van der Waals surface area contributed by atoms with Crippen molar-refractivity contribution in [2.24, 2.45) is 0 Å². The summed E-state index contributed by atoms with van der Waals surface area (Å²) in [5.41, 5.74) is 0.922. The predicted molar refractivity (Wildman–Crippen MR) is 77.3 cm³/mol. The van der Waals surface area contributed by atoms with Gasteiger partial charge in [-0.05, 0) is 37.1 Å². The summed E-state index contributed by atoms with van der Waals surface area (Å²) in [4.78, 5) is 14.4. The fraction of sp³-hybridized carbons (Fsp3) is 0.562. The van der Waals surface area contributed by atoms with Gasteiger partial charge >= 0.3 is 0 Å². The Morgan fingerprint density at radius 1 is 1.29 bits per heavy atom. The van der Waals surface area contributed by atoms with Crippen LogP contribution < -0.4 is 5.32 Å². The van der Waals surface area contributed by atoms with Crippen LogP contribution >= 0.6 is 0 Å². The van der Waals surface area contributed by atoms with E-state index in [1.54, 1.807) is 12.1 Å². The van der Waals surface area contributed by atoms with Crippen LogP contribution in [-0.2, 0) is 9.53 Å². The van der Waals surface area contributed by atoms with Gasteiger partial charge in [0.15, 0.2) is 0 Å². The summed E-state index contributed by atoms with van der Waals surface area (Å²) in [7, 11) is 0. The van der Waals surface area contributed by atoms with Crippen LogP contribution in [-0.4, -0.2) is 43.1 Å². The average Bonchev–Trinajstić information content (AvgIpc) is 2.56. The van der Waals surface area contributed by atoms with Gasteiger partial charge in [0.05, 0.1) is 19.2 Å². The summed E-state index contributed by atoms with van der Waals surface area (Å²) >= 11 is 0. The van der Waals surface area contributed by atoms with E-state index in [-0.39, 0.29) is 23.9 Å². The van der Waals surface area contributed by atoms with Crippen LogP contribution in [0.3, 0.4) is 0 Å². The minimum atomic E-state index is -0.256. The molecule has 5 heteroatoms. The van der Waals surface area contributed by atoms with Gasteiger partial charge in [-0.1, -0.05) is 18.6 Å². The molecule has 2 heterocycles. The van der Waals surface area contributed by atoms with Crippen LogP contribution in [0, 0.1) is 5.82 Å². The fourth-order valence-electron chi connectivity index (χ4n) is 3.01. The molecule has 2 aliphatic heterocycles. The van der Waals surface area contributed by atoms with Crippen molar-refractivity contribution in [1.82, 2.24) is 10.2 Å². The monoisotopic (exact) mass is 292 g/mol. The van der Waals surface area contributed by atoms with Crippen molar-refractivity contribution in [2.75, 3.05) is 26.2 Å². The van der Waals surface area contributed by atoms with E-state index in [9.17, 15) is 9.18 Å². The lowest BCUT2D eigenvalue weighted by Crippen LogP contribution is -2.52. The van der Waals surface area contributed by atoms with Crippen molar-refractivity contribution < 1.29 is 13.9 Å². The van der Waals surface area contributed by atoms with Crippen LogP contribution in [0.5, 0.6) is 0 Å². The number of benzene rings is 1. The molecule has 21 heavy (non-hydrogen) atoms. The van der Waals surface area contributed by atoms with Gasteiger partial charge in [0.1, 0.15) is 11.9 Å². The number of morpholine rings is 1. The molecule has 0 aromatic heterocycles. The van der Waals surface area contributed by atoms with Gasteiger partial charge in [0.25, 0.3) is 0 Å². The van der Waals surface area contributed by atoms with Crippen molar-refractivity contribution >= 4 is 5.91 Å². The third-order valence-electron chi connectivity index (χ3n) is 4.23. The number of nitrogens with zero attached hydrogens (tertiary/aromatic N) is 1. The van der Waals surface area contributed by atoms with Crippen LogP contribution in [0.15, 0.2) is 24.3 Å². The SMILES string of the molecule is O=C(C1CCCCN1)N1CCOC(c2ccc(F)cc2)C1. The smallest absolute Gasteiger partial charge is 0.239 e. The summed E-state index contributed by atoms with van der Waals surface area (Å²) < 4.78 is 18.7. The number of hydrogen-bond donors (Lipinski definition) is 1. The molecule has 0 radical (unpaired) electrons. The third-order valence-corrected chi connectivity index (χ3v) is 4.23. The van der Waals surface area contributed by atoms with Gasteiger partial charge in [-0.3, -0.25) is 4.79 Å². The molecule has 114 valence electrons. The molecular weight excluding hydrogens is 271 g/mol. The van der Waals surface area contributed by atoms with Crippen molar-refractivity contribution in [3.8, 4) is 0 Å². The van der Waals surface area contributed by atoms with E-state index in [0.717, 1.165) is 31.4 Å². The molecular formula is C16H21FN2O2. The normalized spacial score (nSPS) is 26.6. The fourth-order valence-corrected chi connectivity index (χ4v) is 3.01. The van der Waals surface area contributed by atoms with Gasteiger partial charge in [-0.25, -0.2) is 4.39 Å². The average molecular weight is 292 g/mol. The van der Waals surface area contributed by atoms with Gasteiger partial charge in [-0.2, -0.15) is 0 Å². The van der Waals surface area contributed by atoms with E-state index in [4.69, 9.17) is 4.74 Å². The number of amides is 1. The Morgan fingerprint density at radius 2 is 2.10 bits per heavy atom. The number of piperidine rings is 1. The zero-order valence-electron chi connectivity index (χ0n) is 12.1. The highest BCUT2D eigenvalue weighted by Gasteiger charge is 2.30. The highest BCUT2D eigenvalue weighted by atomic mass is 19.1. The van der Waals surface area contributed by atoms with Crippen molar-refractivity contribution in [3.63, 3.8) is 0 Å². The first kappa shape index (κ1) is 14.5. The van der Waals surface area contributed by atoms with Crippen LogP contribution in [0.2, 0.25) is 0 Å². The maximum Gasteiger partial charge on any atom is 0.239 e. The summed E-state index contributed by atoms with van der Waals surface area (Å²) in [6.45, 7) is 2.62. The molecule has 0 aliphatic carbocycles. The van der Waals surface area contributed by atoms with Crippen molar-refractivity contribution in [1.29, 1.82) is 0 Å². The van der Waals surface area contributed by atoms with Crippen molar-refractivity contribution in [2.45, 2.75) is 31.4 Å². The Balaban J connectivity index is 1.64. The lowest BCUT2D eigenvalue weighted by atomic mass is 10.0. The molecule has 0 saturated carbocycles. The van der Waals surface area contributed by atoms with Gasteiger partial charge in [0.2, 0.25) is 5.91 Å². The molecule has 1 aromatic rings. The molecule has 1 aromatic carbocycles. The van der Waals surface area contributed by atoms with E-state index >= 15 is 0 Å². The lowest BCUT2D eigenvalue weighted by Gasteiger charge is -2.36. The van der Waals surface area contributed by atoms with E-state index in [0.29, 0.717) is 19.7 Å². The van der Waals surface area contributed by atoms with Gasteiger partial charge in [0, 0.05) is 6.54 Å².